The second kappa shape index (κ2) is 14.1. The number of benzene rings is 7. The van der Waals surface area contributed by atoms with Gasteiger partial charge in [-0.1, -0.05) is 140 Å². The summed E-state index contributed by atoms with van der Waals surface area (Å²) in [5, 5.41) is 7.22. The Hall–Kier alpha value is -7.56. The van der Waals surface area contributed by atoms with E-state index in [0.29, 0.717) is 0 Å². The van der Waals surface area contributed by atoms with Gasteiger partial charge in [-0.2, -0.15) is 0 Å². The molecule has 60 heavy (non-hydrogen) atoms. The fourth-order valence-corrected chi connectivity index (χ4v) is 9.61. The van der Waals surface area contributed by atoms with Gasteiger partial charge in [0.2, 0.25) is 0 Å². The van der Waals surface area contributed by atoms with Crippen LogP contribution in [0.15, 0.2) is 188 Å². The molecule has 0 unspecified atom stereocenters. The molecule has 4 nitrogen and oxygen atoms in total. The second-order valence-corrected chi connectivity index (χ2v) is 16.0. The minimum atomic E-state index is 0.230. The van der Waals surface area contributed by atoms with E-state index in [2.05, 4.69) is 209 Å². The SMILES string of the molecule is C1=CCCC(c2nc(-c3ccc(-n4c5ccccc5c5ccccc54)cc3)nc3c2=C[C@H](c2ccc(-c4ccc5c6ccccc6n(-c6ccccc6)c5c4)cc2)CC=3)=C1. The fraction of sp³-hybridized carbons (Fsp3) is 0.0714. The van der Waals surface area contributed by atoms with E-state index in [1.54, 1.807) is 0 Å². The maximum Gasteiger partial charge on any atom is 0.160 e. The Labute approximate surface area is 348 Å². The van der Waals surface area contributed by atoms with Gasteiger partial charge in [0.25, 0.3) is 0 Å². The van der Waals surface area contributed by atoms with Crippen molar-refractivity contribution in [3.8, 4) is 33.9 Å². The van der Waals surface area contributed by atoms with E-state index in [1.807, 2.05) is 0 Å². The molecule has 1 atom stereocenters. The zero-order valence-corrected chi connectivity index (χ0v) is 33.0. The van der Waals surface area contributed by atoms with E-state index in [0.717, 1.165) is 52.6 Å². The van der Waals surface area contributed by atoms with Gasteiger partial charge in [0.05, 0.1) is 33.1 Å². The number of para-hydroxylation sites is 4. The maximum atomic E-state index is 5.35. The summed E-state index contributed by atoms with van der Waals surface area (Å²) in [7, 11) is 0. The highest BCUT2D eigenvalue weighted by molar-refractivity contribution is 6.11. The first-order chi connectivity index (χ1) is 29.7. The zero-order chi connectivity index (χ0) is 39.6. The molecule has 0 amide bonds. The summed E-state index contributed by atoms with van der Waals surface area (Å²) >= 11 is 0. The lowest BCUT2D eigenvalue weighted by atomic mass is 9.89. The van der Waals surface area contributed by atoms with Crippen molar-refractivity contribution >= 4 is 61.3 Å². The highest BCUT2D eigenvalue weighted by atomic mass is 15.0. The molecule has 0 bridgehead atoms. The van der Waals surface area contributed by atoms with E-state index in [9.17, 15) is 0 Å². The van der Waals surface area contributed by atoms with Crippen LogP contribution in [0.25, 0.3) is 95.2 Å². The molecule has 7 aromatic carbocycles. The van der Waals surface area contributed by atoms with Gasteiger partial charge in [-0.3, -0.25) is 0 Å². The van der Waals surface area contributed by atoms with Crippen molar-refractivity contribution in [3.63, 3.8) is 0 Å². The fourth-order valence-electron chi connectivity index (χ4n) is 9.61. The second-order valence-electron chi connectivity index (χ2n) is 16.0. The van der Waals surface area contributed by atoms with Crippen LogP contribution in [0.4, 0.5) is 0 Å². The lowest BCUT2D eigenvalue weighted by molar-refractivity contribution is 0.901. The summed E-state index contributed by atoms with van der Waals surface area (Å²) in [6.45, 7) is 0. The Bertz CT molecular complexity index is 3440. The van der Waals surface area contributed by atoms with Crippen LogP contribution in [-0.2, 0) is 0 Å². The third kappa shape index (κ3) is 5.67. The Morgan fingerprint density at radius 3 is 1.75 bits per heavy atom. The number of nitrogens with zero attached hydrogens (tertiary/aromatic N) is 4. The van der Waals surface area contributed by atoms with Crippen molar-refractivity contribution in [1.29, 1.82) is 0 Å². The predicted octanol–water partition coefficient (Wildman–Crippen LogP) is 12.5. The topological polar surface area (TPSA) is 35.6 Å². The molecule has 2 aliphatic rings. The largest absolute Gasteiger partial charge is 0.309 e. The van der Waals surface area contributed by atoms with Gasteiger partial charge in [0.15, 0.2) is 5.82 Å². The van der Waals surface area contributed by atoms with E-state index >= 15 is 0 Å². The Morgan fingerprint density at radius 1 is 0.500 bits per heavy atom. The van der Waals surface area contributed by atoms with Gasteiger partial charge < -0.3 is 9.13 Å². The molecule has 0 spiro atoms. The monoisotopic (exact) mass is 768 g/mol. The van der Waals surface area contributed by atoms with Gasteiger partial charge in [0, 0.05) is 49.6 Å². The summed E-state index contributed by atoms with van der Waals surface area (Å²) in [6.07, 6.45) is 14.3. The smallest absolute Gasteiger partial charge is 0.160 e. The van der Waals surface area contributed by atoms with Crippen molar-refractivity contribution in [2.45, 2.75) is 25.2 Å². The molecule has 0 aliphatic heterocycles. The van der Waals surface area contributed by atoms with Crippen LogP contribution in [0.1, 0.15) is 36.4 Å². The van der Waals surface area contributed by atoms with Crippen LogP contribution < -0.4 is 10.6 Å². The molecule has 0 saturated heterocycles. The van der Waals surface area contributed by atoms with Gasteiger partial charge >= 0.3 is 0 Å². The van der Waals surface area contributed by atoms with Crippen LogP contribution in [0.5, 0.6) is 0 Å². The molecule has 3 heterocycles. The van der Waals surface area contributed by atoms with E-state index in [-0.39, 0.29) is 5.92 Å². The molecule has 0 fully saturated rings. The van der Waals surface area contributed by atoms with Crippen molar-refractivity contribution in [3.05, 3.63) is 210 Å². The summed E-state index contributed by atoms with van der Waals surface area (Å²) in [5.74, 6) is 0.997. The van der Waals surface area contributed by atoms with Crippen molar-refractivity contribution in [2.24, 2.45) is 0 Å². The minimum Gasteiger partial charge on any atom is -0.309 e. The Morgan fingerprint density at radius 2 is 1.08 bits per heavy atom. The van der Waals surface area contributed by atoms with Crippen molar-refractivity contribution in [1.82, 2.24) is 19.1 Å². The molecule has 2 aliphatic carbocycles. The first-order valence-electron chi connectivity index (χ1n) is 21.0. The highest BCUT2D eigenvalue weighted by Crippen LogP contribution is 2.36. The van der Waals surface area contributed by atoms with Crippen LogP contribution in [0.3, 0.4) is 0 Å². The Kier molecular flexibility index (Phi) is 8.09. The maximum absolute atomic E-state index is 5.35. The van der Waals surface area contributed by atoms with Crippen LogP contribution in [0, 0.1) is 0 Å². The van der Waals surface area contributed by atoms with Gasteiger partial charge in [-0.25, -0.2) is 9.97 Å². The number of rotatable bonds is 6. The van der Waals surface area contributed by atoms with Crippen molar-refractivity contribution < 1.29 is 0 Å². The normalized spacial score (nSPS) is 14.9. The molecule has 3 aromatic heterocycles. The van der Waals surface area contributed by atoms with Crippen molar-refractivity contribution in [2.75, 3.05) is 0 Å². The van der Waals surface area contributed by atoms with E-state index in [4.69, 9.17) is 9.97 Å². The van der Waals surface area contributed by atoms with Gasteiger partial charge in [-0.15, -0.1) is 0 Å². The predicted molar refractivity (Wildman–Crippen MR) is 250 cm³/mol. The highest BCUT2D eigenvalue weighted by Gasteiger charge is 2.19. The average Bonchev–Trinajstić information content (AvgIpc) is 3.84. The lowest BCUT2D eigenvalue weighted by Gasteiger charge is -2.18. The summed E-state index contributed by atoms with van der Waals surface area (Å²) < 4.78 is 4.74. The number of fused-ring (bicyclic) bond motifs is 7. The third-order valence-corrected chi connectivity index (χ3v) is 12.6. The van der Waals surface area contributed by atoms with Gasteiger partial charge in [0.1, 0.15) is 0 Å². The molecule has 12 rings (SSSR count). The van der Waals surface area contributed by atoms with E-state index in [1.165, 1.54) is 71.6 Å². The molecule has 0 N–H and O–H groups in total. The number of hydrogen-bond acceptors (Lipinski definition) is 2. The lowest BCUT2D eigenvalue weighted by Crippen LogP contribution is -2.36. The van der Waals surface area contributed by atoms with E-state index < -0.39 is 0 Å². The van der Waals surface area contributed by atoms with Crippen LogP contribution in [0.2, 0.25) is 0 Å². The third-order valence-electron chi connectivity index (χ3n) is 12.6. The van der Waals surface area contributed by atoms with Gasteiger partial charge in [-0.05, 0) is 102 Å². The summed E-state index contributed by atoms with van der Waals surface area (Å²) in [5.41, 5.74) is 14.2. The van der Waals surface area contributed by atoms with Crippen LogP contribution in [-0.4, -0.2) is 19.1 Å². The first kappa shape index (κ1) is 34.5. The average molecular weight is 769 g/mol. The number of hydrogen-bond donors (Lipinski definition) is 0. The Balaban J connectivity index is 0.895. The number of aromatic nitrogens is 4. The van der Waals surface area contributed by atoms with Crippen LogP contribution >= 0.6 is 0 Å². The summed E-state index contributed by atoms with van der Waals surface area (Å²) in [6, 6.07) is 61.5. The molecule has 10 aromatic rings. The first-order valence-corrected chi connectivity index (χ1v) is 21.0. The minimum absolute atomic E-state index is 0.230. The quantitative estimate of drug-likeness (QED) is 0.169. The molecule has 4 heteroatoms. The zero-order valence-electron chi connectivity index (χ0n) is 33.0. The standard InChI is InChI=1S/C56H40N4/c1-3-13-39(14-4-1)55-49-35-41(37-23-25-38(26-24-37)42-29-33-48-47-19-9-12-22-53(47)60(54(48)36-42)43-15-5-2-6-16-43)30-34-50(49)57-56(58-55)40-27-31-44(32-28-40)59-51-20-10-7-17-45(51)46-18-8-11-21-52(46)59/h1-3,5-13,15-29,31-36,41H,4,14,30H2/t41-/m1/s1. The molecular formula is C56H40N4. The molecule has 0 radical (unpaired) electrons. The molecule has 0 saturated carbocycles. The molecule has 284 valence electrons. The number of allylic oxidation sites excluding steroid dienone is 4. The molecular weight excluding hydrogens is 729 g/mol. The summed E-state index contributed by atoms with van der Waals surface area (Å²) in [4.78, 5) is 10.6.